The van der Waals surface area contributed by atoms with Crippen LogP contribution < -0.4 is 16.0 Å². The first-order chi connectivity index (χ1) is 8.72. The summed E-state index contributed by atoms with van der Waals surface area (Å²) in [5, 5.41) is 3.93. The topological polar surface area (TPSA) is 117 Å². The molecule has 0 spiro atoms. The van der Waals surface area contributed by atoms with Crippen molar-refractivity contribution in [3.63, 3.8) is 0 Å². The number of anilines is 1. The summed E-state index contributed by atoms with van der Waals surface area (Å²) in [4.78, 5) is 16.0. The molecule has 0 aliphatic rings. The third kappa shape index (κ3) is 2.69. The maximum absolute atomic E-state index is 5.53. The van der Waals surface area contributed by atoms with Gasteiger partial charge < -0.3 is 4.74 Å². The predicted molar refractivity (Wildman–Crippen MR) is 62.9 cm³/mol. The van der Waals surface area contributed by atoms with Crippen LogP contribution >= 0.6 is 0 Å². The molecule has 2 aromatic rings. The molecule has 0 radical (unpaired) electrons. The number of hydrazine groups is 1. The summed E-state index contributed by atoms with van der Waals surface area (Å²) in [6.45, 7) is 3.93. The molecule has 96 valence electrons. The van der Waals surface area contributed by atoms with Gasteiger partial charge in [-0.15, -0.1) is 0 Å². The smallest absolute Gasteiger partial charge is 0.323 e. The largest absolute Gasteiger partial charge is 0.460 e. The van der Waals surface area contributed by atoms with E-state index in [1.165, 1.54) is 17.3 Å². The Hall–Kier alpha value is -2.29. The van der Waals surface area contributed by atoms with Gasteiger partial charge in [-0.05, 0) is 13.3 Å². The van der Waals surface area contributed by atoms with E-state index in [1.54, 1.807) is 0 Å². The van der Waals surface area contributed by atoms with E-state index in [0.29, 0.717) is 0 Å². The Bertz CT molecular complexity index is 499. The van der Waals surface area contributed by atoms with Gasteiger partial charge in [-0.25, -0.2) is 10.8 Å². The summed E-state index contributed by atoms with van der Waals surface area (Å²) in [6.07, 6.45) is 3.70. The molecule has 1 unspecified atom stereocenters. The lowest BCUT2D eigenvalue weighted by Gasteiger charge is -2.11. The highest BCUT2D eigenvalue weighted by Gasteiger charge is 2.11. The predicted octanol–water partition coefficient (Wildman–Crippen LogP) is -0.0848. The van der Waals surface area contributed by atoms with Gasteiger partial charge in [0.2, 0.25) is 5.95 Å². The van der Waals surface area contributed by atoms with Crippen molar-refractivity contribution < 1.29 is 4.74 Å². The summed E-state index contributed by atoms with van der Waals surface area (Å²) in [5.74, 6) is 5.79. The second-order valence-electron chi connectivity index (χ2n) is 3.56. The first kappa shape index (κ1) is 12.2. The van der Waals surface area contributed by atoms with E-state index in [4.69, 9.17) is 10.6 Å². The number of rotatable bonds is 5. The van der Waals surface area contributed by atoms with Crippen LogP contribution in [0, 0.1) is 0 Å². The summed E-state index contributed by atoms with van der Waals surface area (Å²) in [5.41, 5.74) is 2.36. The van der Waals surface area contributed by atoms with Crippen molar-refractivity contribution in [1.82, 2.24) is 29.7 Å². The SMILES string of the molecule is CCC(C)Oc1nc(NN)nc(-n2cncn2)n1. The highest BCUT2D eigenvalue weighted by Crippen LogP contribution is 2.11. The molecule has 9 heteroatoms. The van der Waals surface area contributed by atoms with E-state index in [2.05, 4.69) is 30.5 Å². The maximum Gasteiger partial charge on any atom is 0.323 e. The molecule has 2 aromatic heterocycles. The minimum atomic E-state index is 0.00150. The number of ether oxygens (including phenoxy) is 1. The Morgan fingerprint density at radius 2 is 2.28 bits per heavy atom. The van der Waals surface area contributed by atoms with Gasteiger partial charge in [-0.3, -0.25) is 5.43 Å². The number of nitrogen functional groups attached to an aromatic ring is 1. The van der Waals surface area contributed by atoms with Gasteiger partial charge in [0, 0.05) is 0 Å². The van der Waals surface area contributed by atoms with E-state index in [1.807, 2.05) is 13.8 Å². The first-order valence-corrected chi connectivity index (χ1v) is 5.47. The highest BCUT2D eigenvalue weighted by atomic mass is 16.5. The minimum absolute atomic E-state index is 0.00150. The van der Waals surface area contributed by atoms with Gasteiger partial charge in [0.05, 0.1) is 6.10 Å². The van der Waals surface area contributed by atoms with Gasteiger partial charge >= 0.3 is 6.01 Å². The van der Waals surface area contributed by atoms with Crippen LogP contribution in [0.1, 0.15) is 20.3 Å². The molecule has 2 rings (SSSR count). The van der Waals surface area contributed by atoms with Crippen LogP contribution in [0.5, 0.6) is 6.01 Å². The van der Waals surface area contributed by atoms with Gasteiger partial charge in [0.15, 0.2) is 0 Å². The van der Waals surface area contributed by atoms with Crippen molar-refractivity contribution in [2.75, 3.05) is 5.43 Å². The molecule has 0 saturated carbocycles. The van der Waals surface area contributed by atoms with Crippen LogP contribution in [0.4, 0.5) is 5.95 Å². The molecular weight excluding hydrogens is 236 g/mol. The summed E-state index contributed by atoms with van der Waals surface area (Å²) in [7, 11) is 0. The average molecular weight is 250 g/mol. The molecule has 0 aliphatic heterocycles. The standard InChI is InChI=1S/C9H14N8O/c1-3-6(2)18-9-14-7(16-10)13-8(15-9)17-5-11-4-12-17/h4-6H,3,10H2,1-2H3,(H,13,14,15,16). The van der Waals surface area contributed by atoms with Crippen LogP contribution in [0.2, 0.25) is 0 Å². The normalized spacial score (nSPS) is 12.2. The molecule has 0 saturated heterocycles. The fourth-order valence-corrected chi connectivity index (χ4v) is 1.14. The van der Waals surface area contributed by atoms with Crippen LogP contribution in [-0.4, -0.2) is 35.8 Å². The molecule has 18 heavy (non-hydrogen) atoms. The summed E-state index contributed by atoms with van der Waals surface area (Å²) < 4.78 is 6.92. The molecule has 9 nitrogen and oxygen atoms in total. The zero-order valence-corrected chi connectivity index (χ0v) is 10.1. The Balaban J connectivity index is 2.33. The Labute approximate surface area is 103 Å². The zero-order valence-electron chi connectivity index (χ0n) is 10.1. The first-order valence-electron chi connectivity index (χ1n) is 5.47. The van der Waals surface area contributed by atoms with Gasteiger partial charge in [0.25, 0.3) is 5.95 Å². The number of nitrogens with one attached hydrogen (secondary N) is 1. The number of aromatic nitrogens is 6. The lowest BCUT2D eigenvalue weighted by atomic mass is 10.3. The third-order valence-electron chi connectivity index (χ3n) is 2.24. The number of nitrogens with zero attached hydrogens (tertiary/aromatic N) is 6. The minimum Gasteiger partial charge on any atom is -0.460 e. The van der Waals surface area contributed by atoms with E-state index >= 15 is 0 Å². The fourth-order valence-electron chi connectivity index (χ4n) is 1.14. The Morgan fingerprint density at radius 1 is 1.44 bits per heavy atom. The van der Waals surface area contributed by atoms with E-state index < -0.39 is 0 Å². The lowest BCUT2D eigenvalue weighted by molar-refractivity contribution is 0.198. The molecule has 1 atom stereocenters. The Kier molecular flexibility index (Phi) is 3.63. The zero-order chi connectivity index (χ0) is 13.0. The number of nitrogens with two attached hydrogens (primary N) is 1. The molecule has 2 heterocycles. The molecule has 0 bridgehead atoms. The molecule has 0 amide bonds. The van der Waals surface area contributed by atoms with Crippen molar-refractivity contribution in [2.24, 2.45) is 5.84 Å². The third-order valence-corrected chi connectivity index (χ3v) is 2.24. The maximum atomic E-state index is 5.53. The van der Waals surface area contributed by atoms with E-state index in [0.717, 1.165) is 6.42 Å². The van der Waals surface area contributed by atoms with Crippen LogP contribution in [0.15, 0.2) is 12.7 Å². The summed E-state index contributed by atoms with van der Waals surface area (Å²) in [6, 6.07) is 0.192. The van der Waals surface area contributed by atoms with Crippen molar-refractivity contribution in [3.8, 4) is 12.0 Å². The van der Waals surface area contributed by atoms with Gasteiger partial charge in [-0.1, -0.05) is 6.92 Å². The molecule has 0 fully saturated rings. The van der Waals surface area contributed by atoms with Crippen LogP contribution in [0.3, 0.4) is 0 Å². The second-order valence-corrected chi connectivity index (χ2v) is 3.56. The second kappa shape index (κ2) is 5.36. The molecule has 0 aliphatic carbocycles. The molecule has 0 aromatic carbocycles. The fraction of sp³-hybridized carbons (Fsp3) is 0.444. The van der Waals surface area contributed by atoms with Gasteiger partial charge in [-0.2, -0.15) is 24.7 Å². The molecule has 3 N–H and O–H groups in total. The van der Waals surface area contributed by atoms with Crippen LogP contribution in [-0.2, 0) is 0 Å². The van der Waals surface area contributed by atoms with Crippen molar-refractivity contribution in [2.45, 2.75) is 26.4 Å². The van der Waals surface area contributed by atoms with E-state index in [-0.39, 0.29) is 24.0 Å². The van der Waals surface area contributed by atoms with Crippen molar-refractivity contribution in [1.29, 1.82) is 0 Å². The molecular formula is C9H14N8O. The van der Waals surface area contributed by atoms with E-state index in [9.17, 15) is 0 Å². The number of hydrogen-bond acceptors (Lipinski definition) is 8. The monoisotopic (exact) mass is 250 g/mol. The van der Waals surface area contributed by atoms with Crippen LogP contribution in [0.25, 0.3) is 5.95 Å². The quantitative estimate of drug-likeness (QED) is 0.558. The number of hydrogen-bond donors (Lipinski definition) is 2. The van der Waals surface area contributed by atoms with Gasteiger partial charge in [0.1, 0.15) is 12.7 Å². The lowest BCUT2D eigenvalue weighted by Crippen LogP contribution is -2.17. The highest BCUT2D eigenvalue weighted by molar-refractivity contribution is 5.28. The Morgan fingerprint density at radius 3 is 2.89 bits per heavy atom. The van der Waals surface area contributed by atoms with Crippen molar-refractivity contribution in [3.05, 3.63) is 12.7 Å². The van der Waals surface area contributed by atoms with Crippen molar-refractivity contribution >= 4 is 5.95 Å². The average Bonchev–Trinajstić information content (AvgIpc) is 2.92. The summed E-state index contributed by atoms with van der Waals surface area (Å²) >= 11 is 0.